The van der Waals surface area contributed by atoms with Crippen LogP contribution in [0, 0.1) is 0 Å². The number of hydrogen-bond donors (Lipinski definition) is 2. The van der Waals surface area contributed by atoms with Gasteiger partial charge in [-0.15, -0.1) is 0 Å². The molecule has 0 saturated carbocycles. The maximum absolute atomic E-state index is 12.0. The van der Waals surface area contributed by atoms with Crippen LogP contribution in [0.2, 0.25) is 5.02 Å². The summed E-state index contributed by atoms with van der Waals surface area (Å²) in [5, 5.41) is 13.1. The van der Waals surface area contributed by atoms with Gasteiger partial charge >= 0.3 is 5.97 Å². The fraction of sp³-hybridized carbons (Fsp3) is 0.154. The van der Waals surface area contributed by atoms with Gasteiger partial charge in [-0.3, -0.25) is 14.6 Å². The van der Waals surface area contributed by atoms with Gasteiger partial charge in [0.2, 0.25) is 0 Å². The number of hydrogen-bond acceptors (Lipinski definition) is 3. The highest BCUT2D eigenvalue weighted by Crippen LogP contribution is 2.21. The molecule has 0 saturated heterocycles. The summed E-state index contributed by atoms with van der Waals surface area (Å²) < 4.78 is 0. The number of carboxylic acids is 1. The summed E-state index contributed by atoms with van der Waals surface area (Å²) in [7, 11) is 0. The Morgan fingerprint density at radius 3 is 2.79 bits per heavy atom. The molecule has 1 aromatic heterocycles. The maximum Gasteiger partial charge on any atom is 0.325 e. The Kier molecular flexibility index (Phi) is 3.66. The topological polar surface area (TPSA) is 79.3 Å². The molecule has 2 N–H and O–H groups in total. The van der Waals surface area contributed by atoms with Crippen LogP contribution in [0.25, 0.3) is 10.8 Å². The van der Waals surface area contributed by atoms with Crippen molar-refractivity contribution >= 4 is 34.2 Å². The lowest BCUT2D eigenvalue weighted by atomic mass is 10.1. The number of aliphatic carboxylic acids is 1. The van der Waals surface area contributed by atoms with Crippen molar-refractivity contribution < 1.29 is 14.7 Å². The fourth-order valence-electron chi connectivity index (χ4n) is 1.66. The molecule has 1 heterocycles. The van der Waals surface area contributed by atoms with Crippen LogP contribution in [-0.4, -0.2) is 28.0 Å². The Balaban J connectivity index is 2.40. The largest absolute Gasteiger partial charge is 0.480 e. The number of fused-ring (bicyclic) bond motifs is 1. The number of nitrogens with one attached hydrogen (secondary N) is 1. The van der Waals surface area contributed by atoms with Crippen LogP contribution in [0.15, 0.2) is 30.5 Å². The lowest BCUT2D eigenvalue weighted by molar-refractivity contribution is -0.138. The van der Waals surface area contributed by atoms with E-state index in [1.165, 1.54) is 13.1 Å². The van der Waals surface area contributed by atoms with Crippen molar-refractivity contribution in [2.75, 3.05) is 0 Å². The summed E-state index contributed by atoms with van der Waals surface area (Å²) in [4.78, 5) is 26.7. The monoisotopic (exact) mass is 278 g/mol. The Morgan fingerprint density at radius 1 is 1.37 bits per heavy atom. The van der Waals surface area contributed by atoms with Gasteiger partial charge in [-0.25, -0.2) is 0 Å². The van der Waals surface area contributed by atoms with Crippen molar-refractivity contribution in [3.8, 4) is 0 Å². The number of benzene rings is 1. The van der Waals surface area contributed by atoms with E-state index in [9.17, 15) is 9.59 Å². The van der Waals surface area contributed by atoms with E-state index in [0.717, 1.165) is 5.39 Å². The highest BCUT2D eigenvalue weighted by atomic mass is 35.5. The molecule has 5 nitrogen and oxygen atoms in total. The molecule has 1 atom stereocenters. The molecule has 0 aliphatic carbocycles. The third-order valence-electron chi connectivity index (χ3n) is 2.66. The number of halogens is 1. The summed E-state index contributed by atoms with van der Waals surface area (Å²) in [6.07, 6.45) is 1.49. The Bertz CT molecular complexity index is 657. The summed E-state index contributed by atoms with van der Waals surface area (Å²) in [5.41, 5.74) is 0.183. The zero-order chi connectivity index (χ0) is 14.0. The van der Waals surface area contributed by atoms with E-state index in [1.54, 1.807) is 24.3 Å². The minimum atomic E-state index is -1.10. The van der Waals surface area contributed by atoms with Crippen LogP contribution < -0.4 is 5.32 Å². The number of nitrogens with zero attached hydrogens (tertiary/aromatic N) is 1. The van der Waals surface area contributed by atoms with Crippen molar-refractivity contribution in [3.05, 3.63) is 41.2 Å². The van der Waals surface area contributed by atoms with E-state index in [4.69, 9.17) is 16.7 Å². The van der Waals surface area contributed by atoms with Gasteiger partial charge in [-0.1, -0.05) is 17.7 Å². The van der Waals surface area contributed by atoms with Crippen LogP contribution >= 0.6 is 11.6 Å². The smallest absolute Gasteiger partial charge is 0.325 e. The first-order valence-electron chi connectivity index (χ1n) is 5.57. The Hall–Kier alpha value is -2.14. The second-order valence-corrected chi connectivity index (χ2v) is 4.49. The lowest BCUT2D eigenvalue weighted by Gasteiger charge is -2.10. The highest BCUT2D eigenvalue weighted by molar-refractivity contribution is 6.31. The number of carbonyl (C=O) groups is 2. The molecule has 0 aliphatic heterocycles. The Labute approximate surface area is 114 Å². The van der Waals surface area contributed by atoms with E-state index in [1.807, 2.05) is 0 Å². The third kappa shape index (κ3) is 2.82. The molecule has 6 heteroatoms. The van der Waals surface area contributed by atoms with Crippen LogP contribution in [0.1, 0.15) is 17.4 Å². The lowest BCUT2D eigenvalue weighted by Crippen LogP contribution is -2.38. The standard InChI is InChI=1S/C13H11ClN2O3/c1-7(13(18)19)16-12(17)11-10-3-2-9(14)6-8(10)4-5-15-11/h2-7H,1H3,(H,16,17)(H,18,19). The van der Waals surface area contributed by atoms with Gasteiger partial charge in [0.25, 0.3) is 5.91 Å². The van der Waals surface area contributed by atoms with Crippen LogP contribution in [0.5, 0.6) is 0 Å². The fourth-order valence-corrected chi connectivity index (χ4v) is 1.84. The van der Waals surface area contributed by atoms with Crippen molar-refractivity contribution in [1.82, 2.24) is 10.3 Å². The van der Waals surface area contributed by atoms with E-state index < -0.39 is 17.9 Å². The quantitative estimate of drug-likeness (QED) is 0.901. The molecular weight excluding hydrogens is 268 g/mol. The van der Waals surface area contributed by atoms with E-state index in [2.05, 4.69) is 10.3 Å². The van der Waals surface area contributed by atoms with Gasteiger partial charge in [0, 0.05) is 16.6 Å². The first-order valence-corrected chi connectivity index (χ1v) is 5.95. The molecule has 1 unspecified atom stereocenters. The molecule has 2 rings (SSSR count). The number of carboxylic acid groups (broad SMARTS) is 1. The number of rotatable bonds is 3. The predicted octanol–water partition coefficient (Wildman–Crippen LogP) is 2.09. The number of pyridine rings is 1. The average molecular weight is 279 g/mol. The normalized spacial score (nSPS) is 12.1. The summed E-state index contributed by atoms with van der Waals surface area (Å²) in [6, 6.07) is 5.82. The van der Waals surface area contributed by atoms with Crippen molar-refractivity contribution in [3.63, 3.8) is 0 Å². The van der Waals surface area contributed by atoms with Gasteiger partial charge in [-0.2, -0.15) is 0 Å². The molecule has 1 amide bonds. The molecule has 0 radical (unpaired) electrons. The van der Waals surface area contributed by atoms with Crippen molar-refractivity contribution in [2.24, 2.45) is 0 Å². The zero-order valence-corrected chi connectivity index (χ0v) is 10.8. The number of carbonyl (C=O) groups excluding carboxylic acids is 1. The number of aromatic nitrogens is 1. The molecule has 1 aromatic carbocycles. The maximum atomic E-state index is 12.0. The van der Waals surface area contributed by atoms with E-state index in [-0.39, 0.29) is 5.69 Å². The van der Waals surface area contributed by atoms with Gasteiger partial charge in [0.05, 0.1) is 0 Å². The molecule has 19 heavy (non-hydrogen) atoms. The molecule has 0 bridgehead atoms. The molecule has 0 fully saturated rings. The average Bonchev–Trinajstić information content (AvgIpc) is 2.37. The summed E-state index contributed by atoms with van der Waals surface area (Å²) >= 11 is 5.88. The predicted molar refractivity (Wildman–Crippen MR) is 71.3 cm³/mol. The van der Waals surface area contributed by atoms with Gasteiger partial charge in [0.1, 0.15) is 11.7 Å². The van der Waals surface area contributed by atoms with Crippen molar-refractivity contribution in [1.29, 1.82) is 0 Å². The highest BCUT2D eigenvalue weighted by Gasteiger charge is 2.18. The minimum Gasteiger partial charge on any atom is -0.480 e. The zero-order valence-electron chi connectivity index (χ0n) is 10.1. The molecule has 2 aromatic rings. The van der Waals surface area contributed by atoms with E-state index in [0.29, 0.717) is 10.4 Å². The minimum absolute atomic E-state index is 0.183. The van der Waals surface area contributed by atoms with Crippen molar-refractivity contribution in [2.45, 2.75) is 13.0 Å². The second kappa shape index (κ2) is 5.24. The second-order valence-electron chi connectivity index (χ2n) is 4.06. The van der Waals surface area contributed by atoms with Crippen LogP contribution in [-0.2, 0) is 4.79 Å². The van der Waals surface area contributed by atoms with Gasteiger partial charge in [0.15, 0.2) is 0 Å². The van der Waals surface area contributed by atoms with Crippen LogP contribution in [0.4, 0.5) is 0 Å². The first kappa shape index (κ1) is 13.3. The molecular formula is C13H11ClN2O3. The number of amides is 1. The van der Waals surface area contributed by atoms with Gasteiger partial charge < -0.3 is 10.4 Å². The molecule has 0 aliphatic rings. The first-order chi connectivity index (χ1) is 8.99. The third-order valence-corrected chi connectivity index (χ3v) is 2.89. The molecule has 98 valence electrons. The van der Waals surface area contributed by atoms with E-state index >= 15 is 0 Å². The summed E-state index contributed by atoms with van der Waals surface area (Å²) in [6.45, 7) is 1.39. The SMILES string of the molecule is CC(NC(=O)c1nccc2cc(Cl)ccc12)C(=O)O. The summed E-state index contributed by atoms with van der Waals surface area (Å²) in [5.74, 6) is -1.63. The molecule has 0 spiro atoms. The van der Waals surface area contributed by atoms with Gasteiger partial charge in [-0.05, 0) is 30.5 Å². The van der Waals surface area contributed by atoms with Crippen LogP contribution in [0.3, 0.4) is 0 Å². The Morgan fingerprint density at radius 2 is 2.11 bits per heavy atom.